The number of carbonyl (C=O) groups excluding carboxylic acids is 1. The molecule has 3 aromatic rings. The Balaban J connectivity index is 1.81. The zero-order valence-corrected chi connectivity index (χ0v) is 12.5. The molecule has 0 aliphatic carbocycles. The molecule has 1 aromatic carbocycles. The Labute approximate surface area is 129 Å². The van der Waals surface area contributed by atoms with Gasteiger partial charge in [0.15, 0.2) is 0 Å². The molecule has 0 atom stereocenters. The van der Waals surface area contributed by atoms with Crippen LogP contribution in [0.3, 0.4) is 0 Å². The fourth-order valence-corrected chi connectivity index (χ4v) is 3.02. The molecule has 7 heteroatoms. The number of halogens is 1. The van der Waals surface area contributed by atoms with Gasteiger partial charge in [0, 0.05) is 12.7 Å². The van der Waals surface area contributed by atoms with Crippen molar-refractivity contribution in [2.75, 3.05) is 0 Å². The van der Waals surface area contributed by atoms with Gasteiger partial charge in [0.2, 0.25) is 0 Å². The fourth-order valence-electron chi connectivity index (χ4n) is 2.16. The first-order valence-corrected chi connectivity index (χ1v) is 7.33. The van der Waals surface area contributed by atoms with Crippen LogP contribution in [0.25, 0.3) is 10.2 Å². The van der Waals surface area contributed by atoms with E-state index in [0.717, 1.165) is 21.1 Å². The van der Waals surface area contributed by atoms with Gasteiger partial charge in [0.05, 0.1) is 5.39 Å². The largest absolute Gasteiger partial charge is 0.338 e. The number of amides is 1. The van der Waals surface area contributed by atoms with Gasteiger partial charge >= 0.3 is 6.03 Å². The second-order valence-corrected chi connectivity index (χ2v) is 5.78. The quantitative estimate of drug-likeness (QED) is 0.790. The second-order valence-electron chi connectivity index (χ2n) is 4.84. The summed E-state index contributed by atoms with van der Waals surface area (Å²) in [6.07, 6.45) is 1.57. The molecule has 0 spiro atoms. The lowest BCUT2D eigenvalue weighted by Crippen LogP contribution is -2.32. The number of rotatable bonds is 2. The average molecular weight is 317 g/mol. The number of nitrogens with one attached hydrogen (secondary N) is 1. The highest BCUT2D eigenvalue weighted by Gasteiger charge is 2.14. The van der Waals surface area contributed by atoms with Crippen molar-refractivity contribution in [1.82, 2.24) is 14.3 Å². The smallest absolute Gasteiger partial charge is 0.333 e. The highest BCUT2D eigenvalue weighted by atomic mass is 32.1. The van der Waals surface area contributed by atoms with E-state index in [-0.39, 0.29) is 12.4 Å². The van der Waals surface area contributed by atoms with Crippen LogP contribution in [0.4, 0.5) is 9.18 Å². The summed E-state index contributed by atoms with van der Waals surface area (Å²) < 4.78 is 14.3. The molecule has 112 valence electrons. The van der Waals surface area contributed by atoms with Crippen LogP contribution in [0.15, 0.2) is 41.3 Å². The fraction of sp³-hybridized carbons (Fsp3) is 0.133. The van der Waals surface area contributed by atoms with Gasteiger partial charge in [-0.3, -0.25) is 4.79 Å². The number of aromatic nitrogens is 2. The molecule has 0 unspecified atom stereocenters. The Morgan fingerprint density at radius 2 is 2.23 bits per heavy atom. The lowest BCUT2D eigenvalue weighted by Gasteiger charge is -2.05. The highest BCUT2D eigenvalue weighted by Crippen LogP contribution is 2.13. The van der Waals surface area contributed by atoms with Gasteiger partial charge in [0.1, 0.15) is 10.6 Å². The summed E-state index contributed by atoms with van der Waals surface area (Å²) >= 11 is 0.980. The summed E-state index contributed by atoms with van der Waals surface area (Å²) in [5.74, 6) is -0.354. The van der Waals surface area contributed by atoms with Crippen LogP contribution in [-0.2, 0) is 6.54 Å². The number of fused-ring (bicyclic) bond motifs is 1. The number of nitrogens with zero attached hydrogens (tertiary/aromatic N) is 2. The first kappa shape index (κ1) is 14.4. The predicted molar refractivity (Wildman–Crippen MR) is 82.7 cm³/mol. The monoisotopic (exact) mass is 317 g/mol. The van der Waals surface area contributed by atoms with Crippen molar-refractivity contribution in [3.63, 3.8) is 0 Å². The molecule has 0 bridgehead atoms. The van der Waals surface area contributed by atoms with Gasteiger partial charge < -0.3 is 5.32 Å². The summed E-state index contributed by atoms with van der Waals surface area (Å²) in [6.45, 7) is 1.92. The van der Waals surface area contributed by atoms with Crippen LogP contribution < -0.4 is 10.9 Å². The lowest BCUT2D eigenvalue weighted by molar-refractivity contribution is 0.243. The molecule has 0 radical (unpaired) electrons. The SMILES string of the molecule is Cc1cc(F)cc(CNC(=O)n2sc3ncccc3c2=O)c1. The first-order chi connectivity index (χ1) is 10.5. The Kier molecular flexibility index (Phi) is 3.72. The zero-order chi connectivity index (χ0) is 15.7. The third-order valence-corrected chi connectivity index (χ3v) is 4.11. The van der Waals surface area contributed by atoms with Gasteiger partial charge in [-0.2, -0.15) is 3.96 Å². The van der Waals surface area contributed by atoms with Crippen molar-refractivity contribution >= 4 is 27.8 Å². The second kappa shape index (κ2) is 5.69. The third kappa shape index (κ3) is 2.75. The van der Waals surface area contributed by atoms with E-state index in [1.807, 2.05) is 0 Å². The lowest BCUT2D eigenvalue weighted by atomic mass is 10.1. The standard InChI is InChI=1S/C15H12FN3O2S/c1-9-5-10(7-11(16)6-9)8-18-15(21)19-14(20)12-3-2-4-17-13(12)22-19/h2-7H,8H2,1H3,(H,18,21). The molecule has 22 heavy (non-hydrogen) atoms. The van der Waals surface area contributed by atoms with Crippen molar-refractivity contribution in [3.8, 4) is 0 Å². The van der Waals surface area contributed by atoms with E-state index >= 15 is 0 Å². The summed E-state index contributed by atoms with van der Waals surface area (Å²) in [7, 11) is 0. The van der Waals surface area contributed by atoms with E-state index in [1.54, 1.807) is 31.3 Å². The summed E-state index contributed by atoms with van der Waals surface area (Å²) in [5.41, 5.74) is 1.01. The van der Waals surface area contributed by atoms with Crippen LogP contribution in [0.1, 0.15) is 11.1 Å². The first-order valence-electron chi connectivity index (χ1n) is 6.56. The van der Waals surface area contributed by atoms with Crippen LogP contribution in [0.5, 0.6) is 0 Å². The number of aryl methyl sites for hydroxylation is 1. The normalized spacial score (nSPS) is 10.8. The molecule has 2 heterocycles. The minimum Gasteiger partial charge on any atom is -0.333 e. The van der Waals surface area contributed by atoms with Crippen molar-refractivity contribution in [2.45, 2.75) is 13.5 Å². The van der Waals surface area contributed by atoms with Crippen LogP contribution in [0.2, 0.25) is 0 Å². The Morgan fingerprint density at radius 3 is 2.95 bits per heavy atom. The van der Waals surface area contributed by atoms with E-state index in [0.29, 0.717) is 15.8 Å². The molecule has 1 amide bonds. The summed E-state index contributed by atoms with van der Waals surface area (Å²) in [4.78, 5) is 28.8. The van der Waals surface area contributed by atoms with Crippen molar-refractivity contribution in [1.29, 1.82) is 0 Å². The zero-order valence-electron chi connectivity index (χ0n) is 11.7. The number of carbonyl (C=O) groups is 1. The van der Waals surface area contributed by atoms with E-state index in [1.165, 1.54) is 12.1 Å². The molecule has 2 aromatic heterocycles. The van der Waals surface area contributed by atoms with E-state index in [9.17, 15) is 14.0 Å². The number of hydrogen-bond acceptors (Lipinski definition) is 4. The molecule has 0 saturated carbocycles. The molecule has 0 fully saturated rings. The van der Waals surface area contributed by atoms with Crippen molar-refractivity contribution in [2.24, 2.45) is 0 Å². The van der Waals surface area contributed by atoms with E-state index in [4.69, 9.17) is 0 Å². The van der Waals surface area contributed by atoms with E-state index < -0.39 is 11.6 Å². The maximum absolute atomic E-state index is 13.3. The summed E-state index contributed by atoms with van der Waals surface area (Å²) in [5, 5.41) is 3.02. The van der Waals surface area contributed by atoms with Gasteiger partial charge in [-0.1, -0.05) is 6.07 Å². The Morgan fingerprint density at radius 1 is 1.41 bits per heavy atom. The Bertz CT molecular complexity index is 896. The molecule has 1 N–H and O–H groups in total. The topological polar surface area (TPSA) is 64.0 Å². The average Bonchev–Trinajstić information content (AvgIpc) is 2.82. The minimum atomic E-state index is -0.546. The van der Waals surface area contributed by atoms with E-state index in [2.05, 4.69) is 10.3 Å². The van der Waals surface area contributed by atoms with Crippen molar-refractivity contribution in [3.05, 3.63) is 63.8 Å². The molecule has 0 aliphatic heterocycles. The molecule has 0 saturated heterocycles. The Hall–Kier alpha value is -2.54. The molecular formula is C15H12FN3O2S. The third-order valence-electron chi connectivity index (χ3n) is 3.09. The summed E-state index contributed by atoms with van der Waals surface area (Å²) in [6, 6.07) is 7.26. The van der Waals surface area contributed by atoms with Crippen LogP contribution in [0, 0.1) is 12.7 Å². The van der Waals surface area contributed by atoms with Gasteiger partial charge in [0.25, 0.3) is 5.56 Å². The molecule has 5 nitrogen and oxygen atoms in total. The van der Waals surface area contributed by atoms with Crippen LogP contribution in [-0.4, -0.2) is 15.0 Å². The highest BCUT2D eigenvalue weighted by molar-refractivity contribution is 7.14. The van der Waals surface area contributed by atoms with Gasteiger partial charge in [-0.05, 0) is 53.8 Å². The predicted octanol–water partition coefficient (Wildman–Crippen LogP) is 2.66. The van der Waals surface area contributed by atoms with Gasteiger partial charge in [-0.25, -0.2) is 14.2 Å². The van der Waals surface area contributed by atoms with Crippen molar-refractivity contribution < 1.29 is 9.18 Å². The molecule has 3 rings (SSSR count). The number of benzene rings is 1. The number of pyridine rings is 1. The maximum Gasteiger partial charge on any atom is 0.338 e. The number of hydrogen-bond donors (Lipinski definition) is 1. The van der Waals surface area contributed by atoms with Gasteiger partial charge in [-0.15, -0.1) is 0 Å². The molecular weight excluding hydrogens is 305 g/mol. The maximum atomic E-state index is 13.3. The minimum absolute atomic E-state index is 0.144. The van der Waals surface area contributed by atoms with Crippen LogP contribution >= 0.6 is 11.5 Å². The molecule has 0 aliphatic rings.